The third-order valence-corrected chi connectivity index (χ3v) is 7.82. The second kappa shape index (κ2) is 10.4. The fourth-order valence-electron chi connectivity index (χ4n) is 3.99. The molecule has 0 bridgehead atoms. The molecular weight excluding hydrogens is 469 g/mol. The number of rotatable bonds is 8. The minimum absolute atomic E-state index is 0.00194. The van der Waals surface area contributed by atoms with E-state index >= 15 is 0 Å². The Kier molecular flexibility index (Phi) is 7.28. The summed E-state index contributed by atoms with van der Waals surface area (Å²) in [5, 5.41) is 2.77. The van der Waals surface area contributed by atoms with Gasteiger partial charge in [-0.1, -0.05) is 18.2 Å². The number of halogens is 1. The smallest absolute Gasteiger partial charge is 0.258 e. The van der Waals surface area contributed by atoms with Crippen LogP contribution < -0.4 is 10.2 Å². The molecule has 7 nitrogen and oxygen atoms in total. The Morgan fingerprint density at radius 1 is 1.00 bits per heavy atom. The zero-order valence-electron chi connectivity index (χ0n) is 19.3. The average Bonchev–Trinajstić information content (AvgIpc) is 3.28. The second-order valence-corrected chi connectivity index (χ2v) is 10.4. The summed E-state index contributed by atoms with van der Waals surface area (Å²) >= 11 is 0. The summed E-state index contributed by atoms with van der Waals surface area (Å²) in [4.78, 5) is 27.0. The molecule has 1 aliphatic heterocycles. The van der Waals surface area contributed by atoms with Gasteiger partial charge in [-0.3, -0.25) is 9.59 Å². The minimum atomic E-state index is -3.75. The van der Waals surface area contributed by atoms with Crippen LogP contribution in [0.3, 0.4) is 0 Å². The number of sulfonamides is 1. The number of hydrogen-bond donors (Lipinski definition) is 1. The van der Waals surface area contributed by atoms with E-state index in [9.17, 15) is 22.4 Å². The van der Waals surface area contributed by atoms with Gasteiger partial charge in [0.25, 0.3) is 5.91 Å². The predicted molar refractivity (Wildman–Crippen MR) is 132 cm³/mol. The van der Waals surface area contributed by atoms with Crippen molar-refractivity contribution in [3.05, 3.63) is 89.7 Å². The van der Waals surface area contributed by atoms with Gasteiger partial charge in [-0.2, -0.15) is 0 Å². The highest BCUT2D eigenvalue weighted by Crippen LogP contribution is 2.29. The number of nitrogens with one attached hydrogen (secondary N) is 1. The van der Waals surface area contributed by atoms with Gasteiger partial charge in [-0.25, -0.2) is 17.1 Å². The molecule has 2 amide bonds. The second-order valence-electron chi connectivity index (χ2n) is 8.35. The van der Waals surface area contributed by atoms with Crippen LogP contribution in [0.25, 0.3) is 0 Å². The zero-order chi connectivity index (χ0) is 25.0. The molecule has 1 N–H and O–H groups in total. The van der Waals surface area contributed by atoms with Crippen molar-refractivity contribution in [2.75, 3.05) is 30.4 Å². The van der Waals surface area contributed by atoms with Crippen molar-refractivity contribution < 1.29 is 22.4 Å². The fourth-order valence-corrected chi connectivity index (χ4v) is 5.20. The number of anilines is 2. The molecule has 0 saturated heterocycles. The molecule has 0 radical (unpaired) electrons. The Bertz CT molecular complexity index is 1330. The predicted octanol–water partition coefficient (Wildman–Crippen LogP) is 4.07. The van der Waals surface area contributed by atoms with E-state index in [0.717, 1.165) is 34.1 Å². The molecule has 0 aromatic heterocycles. The first-order valence-electron chi connectivity index (χ1n) is 11.3. The first kappa shape index (κ1) is 24.6. The summed E-state index contributed by atoms with van der Waals surface area (Å²) in [7, 11) is -2.33. The van der Waals surface area contributed by atoms with Gasteiger partial charge in [0, 0.05) is 43.5 Å². The SMILES string of the molecule is CN(CCCC(=O)Nc1ccc(C(=O)N2CCc3ccccc32)cc1)S(=O)(=O)c1ccc(F)cc1. The van der Waals surface area contributed by atoms with E-state index in [4.69, 9.17) is 0 Å². The standard InChI is InChI=1S/C26H26FN3O4S/c1-29(35(33,34)23-14-10-21(27)11-15-23)17-4-7-25(31)28-22-12-8-20(9-13-22)26(32)30-18-16-19-5-2-3-6-24(19)30/h2-3,5-6,8-15H,4,7,16-18H2,1H3,(H,28,31). The largest absolute Gasteiger partial charge is 0.326 e. The van der Waals surface area contributed by atoms with E-state index in [1.807, 2.05) is 24.3 Å². The molecule has 0 atom stereocenters. The van der Waals surface area contributed by atoms with E-state index in [2.05, 4.69) is 5.32 Å². The monoisotopic (exact) mass is 495 g/mol. The van der Waals surface area contributed by atoms with Crippen molar-refractivity contribution in [2.45, 2.75) is 24.2 Å². The van der Waals surface area contributed by atoms with Crippen LogP contribution in [-0.2, 0) is 21.2 Å². The normalized spacial score (nSPS) is 13.1. The lowest BCUT2D eigenvalue weighted by molar-refractivity contribution is -0.116. The van der Waals surface area contributed by atoms with Crippen LogP contribution in [0.15, 0.2) is 77.7 Å². The molecule has 4 rings (SSSR count). The summed E-state index contributed by atoms with van der Waals surface area (Å²) < 4.78 is 39.3. The van der Waals surface area contributed by atoms with Crippen molar-refractivity contribution in [1.82, 2.24) is 4.31 Å². The van der Waals surface area contributed by atoms with Gasteiger partial charge in [0.1, 0.15) is 5.82 Å². The van der Waals surface area contributed by atoms with E-state index in [1.54, 1.807) is 29.2 Å². The summed E-state index contributed by atoms with van der Waals surface area (Å²) in [5.41, 5.74) is 3.18. The number of carbonyl (C=O) groups excluding carboxylic acids is 2. The number of carbonyl (C=O) groups is 2. The molecule has 35 heavy (non-hydrogen) atoms. The molecule has 3 aromatic carbocycles. The number of para-hydroxylation sites is 1. The van der Waals surface area contributed by atoms with Crippen molar-refractivity contribution in [2.24, 2.45) is 0 Å². The van der Waals surface area contributed by atoms with Gasteiger partial charge in [-0.15, -0.1) is 0 Å². The number of benzene rings is 3. The Labute approximate surface area is 204 Å². The zero-order valence-corrected chi connectivity index (χ0v) is 20.1. The van der Waals surface area contributed by atoms with E-state index in [0.29, 0.717) is 24.2 Å². The number of amides is 2. The number of fused-ring (bicyclic) bond motifs is 1. The lowest BCUT2D eigenvalue weighted by Crippen LogP contribution is -2.29. The Morgan fingerprint density at radius 3 is 2.40 bits per heavy atom. The van der Waals surface area contributed by atoms with Crippen LogP contribution in [-0.4, -0.2) is 44.7 Å². The van der Waals surface area contributed by atoms with Crippen LogP contribution in [0.2, 0.25) is 0 Å². The number of hydrogen-bond acceptors (Lipinski definition) is 4. The summed E-state index contributed by atoms with van der Waals surface area (Å²) in [5.74, 6) is -0.856. The van der Waals surface area contributed by atoms with Crippen LogP contribution >= 0.6 is 0 Å². The number of nitrogens with zero attached hydrogens (tertiary/aromatic N) is 2. The van der Waals surface area contributed by atoms with Crippen LogP contribution in [0.5, 0.6) is 0 Å². The molecule has 0 aliphatic carbocycles. The van der Waals surface area contributed by atoms with Gasteiger partial charge < -0.3 is 10.2 Å². The highest BCUT2D eigenvalue weighted by Gasteiger charge is 2.25. The molecule has 182 valence electrons. The highest BCUT2D eigenvalue weighted by molar-refractivity contribution is 7.89. The molecule has 0 unspecified atom stereocenters. The third kappa shape index (κ3) is 5.58. The van der Waals surface area contributed by atoms with Gasteiger partial charge in [0.2, 0.25) is 15.9 Å². The maximum Gasteiger partial charge on any atom is 0.258 e. The Morgan fingerprint density at radius 2 is 1.69 bits per heavy atom. The van der Waals surface area contributed by atoms with E-state index in [1.165, 1.54) is 19.2 Å². The topological polar surface area (TPSA) is 86.8 Å². The van der Waals surface area contributed by atoms with E-state index < -0.39 is 15.8 Å². The van der Waals surface area contributed by atoms with Crippen LogP contribution in [0.1, 0.15) is 28.8 Å². The Balaban J connectivity index is 1.27. The maximum atomic E-state index is 13.1. The molecule has 1 aliphatic rings. The third-order valence-electron chi connectivity index (χ3n) is 5.95. The summed E-state index contributed by atoms with van der Waals surface area (Å²) in [6.45, 7) is 0.778. The lowest BCUT2D eigenvalue weighted by atomic mass is 10.1. The first-order valence-corrected chi connectivity index (χ1v) is 12.7. The van der Waals surface area contributed by atoms with Gasteiger partial charge in [0.05, 0.1) is 4.90 Å². The first-order chi connectivity index (χ1) is 16.8. The molecular formula is C26H26FN3O4S. The fraction of sp³-hybridized carbons (Fsp3) is 0.231. The molecule has 9 heteroatoms. The van der Waals surface area contributed by atoms with Crippen molar-refractivity contribution in [1.29, 1.82) is 0 Å². The highest BCUT2D eigenvalue weighted by atomic mass is 32.2. The lowest BCUT2D eigenvalue weighted by Gasteiger charge is -2.18. The van der Waals surface area contributed by atoms with Crippen molar-refractivity contribution >= 4 is 33.2 Å². The van der Waals surface area contributed by atoms with Crippen molar-refractivity contribution in [3.8, 4) is 0 Å². The molecule has 3 aromatic rings. The maximum absolute atomic E-state index is 13.1. The summed E-state index contributed by atoms with van der Waals surface area (Å²) in [6, 6.07) is 19.2. The van der Waals surface area contributed by atoms with Gasteiger partial charge in [-0.05, 0) is 73.0 Å². The molecule has 1 heterocycles. The van der Waals surface area contributed by atoms with E-state index in [-0.39, 0.29) is 29.7 Å². The van der Waals surface area contributed by atoms with Crippen molar-refractivity contribution in [3.63, 3.8) is 0 Å². The minimum Gasteiger partial charge on any atom is -0.326 e. The van der Waals surface area contributed by atoms with Crippen LogP contribution in [0, 0.1) is 5.82 Å². The molecule has 0 spiro atoms. The van der Waals surface area contributed by atoms with Gasteiger partial charge >= 0.3 is 0 Å². The molecule has 0 fully saturated rings. The average molecular weight is 496 g/mol. The quantitative estimate of drug-likeness (QED) is 0.511. The van der Waals surface area contributed by atoms with Gasteiger partial charge in [0.15, 0.2) is 0 Å². The summed E-state index contributed by atoms with van der Waals surface area (Å²) in [6.07, 6.45) is 1.26. The Hall–Kier alpha value is -3.56. The van der Waals surface area contributed by atoms with Crippen LogP contribution in [0.4, 0.5) is 15.8 Å². The molecule has 0 saturated carbocycles.